The Bertz CT molecular complexity index is 1090. The zero-order valence-electron chi connectivity index (χ0n) is 15.9. The molecule has 1 aliphatic rings. The quantitative estimate of drug-likeness (QED) is 0.744. The minimum absolute atomic E-state index is 0.0602. The van der Waals surface area contributed by atoms with Crippen molar-refractivity contribution in [2.24, 2.45) is 0 Å². The highest BCUT2D eigenvalue weighted by molar-refractivity contribution is 7.91. The average Bonchev–Trinajstić information content (AvgIpc) is 3.28. The van der Waals surface area contributed by atoms with E-state index in [9.17, 15) is 22.8 Å². The number of sulfone groups is 1. The van der Waals surface area contributed by atoms with E-state index >= 15 is 0 Å². The Hall–Kier alpha value is -2.72. The number of carbonyl (C=O) groups is 3. The van der Waals surface area contributed by atoms with Crippen LogP contribution in [0.5, 0.6) is 0 Å². The number of amides is 3. The van der Waals surface area contributed by atoms with E-state index in [0.29, 0.717) is 11.4 Å². The number of ether oxygens (including phenoxy) is 1. The van der Waals surface area contributed by atoms with Crippen LogP contribution in [0.25, 0.3) is 0 Å². The number of methoxy groups -OCH3 is 1. The average molecular weight is 437 g/mol. The summed E-state index contributed by atoms with van der Waals surface area (Å²) in [6.07, 6.45) is 1.47. The molecule has 0 atom stereocenters. The zero-order valence-corrected chi connectivity index (χ0v) is 17.5. The number of benzene rings is 1. The number of thiophene rings is 1. The van der Waals surface area contributed by atoms with Gasteiger partial charge in [0.15, 0.2) is 9.84 Å². The lowest BCUT2D eigenvalue weighted by Gasteiger charge is -2.09. The molecule has 1 heterocycles. The van der Waals surface area contributed by atoms with Crippen LogP contribution in [-0.4, -0.2) is 39.2 Å². The van der Waals surface area contributed by atoms with Crippen molar-refractivity contribution in [2.75, 3.05) is 18.2 Å². The molecule has 8 nitrogen and oxygen atoms in total. The molecule has 154 valence electrons. The number of hydrogen-bond acceptors (Lipinski definition) is 7. The predicted octanol–water partition coefficient (Wildman–Crippen LogP) is 2.78. The highest BCUT2D eigenvalue weighted by Gasteiger charge is 2.28. The normalized spacial score (nSPS) is 12.9. The Labute approximate surface area is 172 Å². The molecule has 1 aliphatic carbocycles. The summed E-state index contributed by atoms with van der Waals surface area (Å²) in [7, 11) is -2.30. The van der Waals surface area contributed by atoms with Gasteiger partial charge in [-0.25, -0.2) is 13.2 Å². The first-order valence-corrected chi connectivity index (χ1v) is 11.4. The standard InChI is InChI=1S/C19H20N2O6S2/c1-3-29(25,26)12-7-4-6-11(10-12)16(22)20-18-15(17(23)21-19(24)27-2)13-8-5-9-14(13)28-18/h4,6-7,10H,3,5,8-9H2,1-2H3,(H,20,22)(H,21,23,24). The van der Waals surface area contributed by atoms with Crippen molar-refractivity contribution in [3.63, 3.8) is 0 Å². The number of rotatable bonds is 5. The number of fused-ring (bicyclic) bond motifs is 1. The van der Waals surface area contributed by atoms with E-state index in [1.807, 2.05) is 0 Å². The lowest BCUT2D eigenvalue weighted by molar-refractivity contribution is 0.0937. The van der Waals surface area contributed by atoms with Crippen LogP contribution < -0.4 is 10.6 Å². The number of anilines is 1. The van der Waals surface area contributed by atoms with Crippen molar-refractivity contribution in [1.82, 2.24) is 5.32 Å². The lowest BCUT2D eigenvalue weighted by Crippen LogP contribution is -2.31. The van der Waals surface area contributed by atoms with Gasteiger partial charge >= 0.3 is 6.09 Å². The molecule has 0 bridgehead atoms. The summed E-state index contributed by atoms with van der Waals surface area (Å²) >= 11 is 1.29. The first-order valence-electron chi connectivity index (χ1n) is 8.94. The van der Waals surface area contributed by atoms with Gasteiger partial charge in [0.05, 0.1) is 23.3 Å². The van der Waals surface area contributed by atoms with Crippen LogP contribution in [0, 0.1) is 0 Å². The molecule has 0 spiro atoms. The third kappa shape index (κ3) is 4.33. The topological polar surface area (TPSA) is 119 Å². The van der Waals surface area contributed by atoms with Crippen LogP contribution in [0.15, 0.2) is 29.2 Å². The number of aryl methyl sites for hydroxylation is 1. The van der Waals surface area contributed by atoms with E-state index < -0.39 is 27.7 Å². The first kappa shape index (κ1) is 21.0. The monoisotopic (exact) mass is 436 g/mol. The number of hydrogen-bond donors (Lipinski definition) is 2. The fraction of sp³-hybridized carbons (Fsp3) is 0.316. The Balaban J connectivity index is 1.91. The van der Waals surface area contributed by atoms with Crippen molar-refractivity contribution in [3.05, 3.63) is 45.8 Å². The molecule has 1 aromatic carbocycles. The van der Waals surface area contributed by atoms with Gasteiger partial charge in [0.2, 0.25) is 0 Å². The molecule has 1 aromatic heterocycles. The minimum Gasteiger partial charge on any atom is -0.453 e. The van der Waals surface area contributed by atoms with Crippen molar-refractivity contribution in [3.8, 4) is 0 Å². The van der Waals surface area contributed by atoms with Crippen LogP contribution in [0.3, 0.4) is 0 Å². The summed E-state index contributed by atoms with van der Waals surface area (Å²) < 4.78 is 28.6. The van der Waals surface area contributed by atoms with Gasteiger partial charge in [-0.1, -0.05) is 13.0 Å². The summed E-state index contributed by atoms with van der Waals surface area (Å²) in [5.74, 6) is -1.26. The molecule has 0 saturated heterocycles. The third-order valence-electron chi connectivity index (χ3n) is 4.61. The Morgan fingerprint density at radius 1 is 1.17 bits per heavy atom. The van der Waals surface area contributed by atoms with Gasteiger partial charge < -0.3 is 10.1 Å². The van der Waals surface area contributed by atoms with Crippen molar-refractivity contribution >= 4 is 44.1 Å². The summed E-state index contributed by atoms with van der Waals surface area (Å²) in [5, 5.41) is 5.15. The summed E-state index contributed by atoms with van der Waals surface area (Å²) in [6, 6.07) is 5.74. The second-order valence-corrected chi connectivity index (χ2v) is 9.78. The molecular formula is C19H20N2O6S2. The van der Waals surface area contributed by atoms with E-state index in [1.165, 1.54) is 42.5 Å². The number of imide groups is 1. The lowest BCUT2D eigenvalue weighted by atomic mass is 10.1. The predicted molar refractivity (Wildman–Crippen MR) is 108 cm³/mol. The highest BCUT2D eigenvalue weighted by Crippen LogP contribution is 2.39. The Morgan fingerprint density at radius 3 is 2.62 bits per heavy atom. The number of alkyl carbamates (subject to hydrolysis) is 1. The first-order chi connectivity index (χ1) is 13.8. The molecule has 0 unspecified atom stereocenters. The third-order valence-corrected chi connectivity index (χ3v) is 7.55. The molecular weight excluding hydrogens is 416 g/mol. The molecule has 0 saturated carbocycles. The zero-order chi connectivity index (χ0) is 21.2. The number of carbonyl (C=O) groups excluding carboxylic acids is 3. The molecule has 3 amide bonds. The van der Waals surface area contributed by atoms with Crippen molar-refractivity contribution in [1.29, 1.82) is 0 Å². The van der Waals surface area contributed by atoms with Gasteiger partial charge in [-0.05, 0) is 43.0 Å². The van der Waals surface area contributed by atoms with Crippen LogP contribution in [0.2, 0.25) is 0 Å². The van der Waals surface area contributed by atoms with E-state index in [0.717, 1.165) is 30.4 Å². The Morgan fingerprint density at radius 2 is 1.93 bits per heavy atom. The minimum atomic E-state index is -3.46. The summed E-state index contributed by atoms with van der Waals surface area (Å²) in [5.41, 5.74) is 1.22. The van der Waals surface area contributed by atoms with Crippen LogP contribution in [0.4, 0.5) is 9.80 Å². The molecule has 0 fully saturated rings. The Kier molecular flexibility index (Phi) is 6.04. The van der Waals surface area contributed by atoms with Gasteiger partial charge in [-0.2, -0.15) is 0 Å². The summed E-state index contributed by atoms with van der Waals surface area (Å²) in [4.78, 5) is 37.8. The maximum Gasteiger partial charge on any atom is 0.413 e. The fourth-order valence-electron chi connectivity index (χ4n) is 3.11. The van der Waals surface area contributed by atoms with Crippen molar-refractivity contribution in [2.45, 2.75) is 31.1 Å². The second-order valence-electron chi connectivity index (χ2n) is 6.39. The molecule has 2 aromatic rings. The van der Waals surface area contributed by atoms with E-state index in [1.54, 1.807) is 0 Å². The maximum atomic E-state index is 12.7. The molecule has 3 rings (SSSR count). The van der Waals surface area contributed by atoms with Crippen LogP contribution in [0.1, 0.15) is 44.5 Å². The number of nitrogens with one attached hydrogen (secondary N) is 2. The van der Waals surface area contributed by atoms with Gasteiger partial charge in [0.1, 0.15) is 5.00 Å². The molecule has 0 radical (unpaired) electrons. The second kappa shape index (κ2) is 8.34. The fourth-order valence-corrected chi connectivity index (χ4v) is 5.32. The van der Waals surface area contributed by atoms with E-state index in [2.05, 4.69) is 15.4 Å². The van der Waals surface area contributed by atoms with Gasteiger partial charge in [-0.3, -0.25) is 14.9 Å². The van der Waals surface area contributed by atoms with Crippen molar-refractivity contribution < 1.29 is 27.5 Å². The van der Waals surface area contributed by atoms with Gasteiger partial charge in [-0.15, -0.1) is 11.3 Å². The largest absolute Gasteiger partial charge is 0.453 e. The van der Waals surface area contributed by atoms with E-state index in [-0.39, 0.29) is 21.8 Å². The molecule has 29 heavy (non-hydrogen) atoms. The summed E-state index contributed by atoms with van der Waals surface area (Å²) in [6.45, 7) is 1.53. The molecule has 0 aliphatic heterocycles. The van der Waals surface area contributed by atoms with Crippen LogP contribution >= 0.6 is 11.3 Å². The highest BCUT2D eigenvalue weighted by atomic mass is 32.2. The van der Waals surface area contributed by atoms with E-state index in [4.69, 9.17) is 0 Å². The smallest absolute Gasteiger partial charge is 0.413 e. The molecule has 2 N–H and O–H groups in total. The molecule has 10 heteroatoms. The SMILES string of the molecule is CCS(=O)(=O)c1cccc(C(=O)Nc2sc3c(c2C(=O)NC(=O)OC)CCC3)c1. The van der Waals surface area contributed by atoms with Gasteiger partial charge in [0, 0.05) is 10.4 Å². The maximum absolute atomic E-state index is 12.7. The van der Waals surface area contributed by atoms with Gasteiger partial charge in [0.25, 0.3) is 11.8 Å². The van der Waals surface area contributed by atoms with Crippen LogP contribution in [-0.2, 0) is 27.4 Å².